The molecule has 1 aliphatic rings. The summed E-state index contributed by atoms with van der Waals surface area (Å²) in [6.07, 6.45) is 1.34. The van der Waals surface area contributed by atoms with Crippen molar-refractivity contribution >= 4 is 40.9 Å². The maximum absolute atomic E-state index is 12.9. The molecule has 8 heteroatoms. The number of anilines is 2. The van der Waals surface area contributed by atoms with Gasteiger partial charge >= 0.3 is 5.97 Å². The van der Waals surface area contributed by atoms with Crippen LogP contribution >= 0.6 is 11.8 Å². The molecule has 0 radical (unpaired) electrons. The van der Waals surface area contributed by atoms with Crippen LogP contribution in [0.3, 0.4) is 0 Å². The van der Waals surface area contributed by atoms with Crippen LogP contribution in [-0.2, 0) is 14.3 Å². The number of nitrogens with zero attached hydrogens (tertiary/aromatic N) is 1. The molecule has 0 saturated heterocycles. The van der Waals surface area contributed by atoms with Gasteiger partial charge in [0, 0.05) is 16.3 Å². The van der Waals surface area contributed by atoms with Crippen molar-refractivity contribution in [2.24, 2.45) is 0 Å². The van der Waals surface area contributed by atoms with Crippen LogP contribution in [0.25, 0.3) is 0 Å². The Morgan fingerprint density at radius 1 is 0.933 bits per heavy atom. The Labute approximate surface area is 177 Å². The number of rotatable bonds is 6. The third-order valence-electron chi connectivity index (χ3n) is 4.40. The summed E-state index contributed by atoms with van der Waals surface area (Å²) in [6.45, 7) is -0.309. The molecule has 4 rings (SSSR count). The van der Waals surface area contributed by atoms with Crippen LogP contribution < -0.4 is 10.2 Å². The molecule has 30 heavy (non-hydrogen) atoms. The van der Waals surface area contributed by atoms with Gasteiger partial charge in [-0.05, 0) is 36.4 Å². The molecule has 152 valence electrons. The first-order valence-corrected chi connectivity index (χ1v) is 10.1. The smallest absolute Gasteiger partial charge is 0.308 e. The molecule has 0 bridgehead atoms. The summed E-state index contributed by atoms with van der Waals surface area (Å²) in [7, 11) is 0. The van der Waals surface area contributed by atoms with E-state index < -0.39 is 18.5 Å². The average molecular weight is 422 g/mol. The summed E-state index contributed by atoms with van der Waals surface area (Å²) in [5.74, 6) is -1.17. The van der Waals surface area contributed by atoms with Crippen molar-refractivity contribution in [3.63, 3.8) is 0 Å². The standard InChI is InChI=1S/C22H18N2O5S/c25-20(14-29-21(26)11-12-23-22(27)17-8-5-13-28-17)24-15-6-1-3-9-18(15)30-19-10-4-2-7-16(19)24/h1-10,13H,11-12,14H2,(H,23,27). The first-order chi connectivity index (χ1) is 14.6. The quantitative estimate of drug-likeness (QED) is 0.609. The van der Waals surface area contributed by atoms with E-state index in [-0.39, 0.29) is 24.6 Å². The second-order valence-electron chi connectivity index (χ2n) is 6.41. The highest BCUT2D eigenvalue weighted by Crippen LogP contribution is 2.47. The summed E-state index contributed by atoms with van der Waals surface area (Å²) in [5, 5.41) is 2.56. The zero-order valence-corrected chi connectivity index (χ0v) is 16.7. The molecule has 0 atom stereocenters. The molecule has 2 heterocycles. The lowest BCUT2D eigenvalue weighted by atomic mass is 10.2. The number of para-hydroxylation sites is 2. The second-order valence-corrected chi connectivity index (χ2v) is 7.49. The highest BCUT2D eigenvalue weighted by atomic mass is 32.2. The fourth-order valence-electron chi connectivity index (χ4n) is 3.03. The number of esters is 1. The minimum absolute atomic E-state index is 0.0528. The number of hydrogen-bond donors (Lipinski definition) is 1. The van der Waals surface area contributed by atoms with Crippen molar-refractivity contribution in [2.75, 3.05) is 18.1 Å². The maximum Gasteiger partial charge on any atom is 0.308 e. The summed E-state index contributed by atoms with van der Waals surface area (Å²) in [6, 6.07) is 18.3. The molecule has 0 spiro atoms. The van der Waals surface area contributed by atoms with Gasteiger partial charge in [0.15, 0.2) is 12.4 Å². The lowest BCUT2D eigenvalue weighted by Crippen LogP contribution is -2.33. The van der Waals surface area contributed by atoms with Crippen molar-refractivity contribution in [2.45, 2.75) is 16.2 Å². The molecule has 0 unspecified atom stereocenters. The topological polar surface area (TPSA) is 88.9 Å². The Balaban J connectivity index is 1.35. The lowest BCUT2D eigenvalue weighted by molar-refractivity contribution is -0.147. The molecule has 2 aromatic carbocycles. The number of furan rings is 1. The number of carbonyl (C=O) groups excluding carboxylic acids is 3. The van der Waals surface area contributed by atoms with Gasteiger partial charge in [-0.1, -0.05) is 36.0 Å². The summed E-state index contributed by atoms with van der Waals surface area (Å²) in [5.41, 5.74) is 1.51. The Morgan fingerprint density at radius 3 is 2.23 bits per heavy atom. The zero-order valence-electron chi connectivity index (χ0n) is 15.9. The maximum atomic E-state index is 12.9. The van der Waals surface area contributed by atoms with Crippen LogP contribution in [0.4, 0.5) is 11.4 Å². The highest BCUT2D eigenvalue weighted by molar-refractivity contribution is 7.99. The van der Waals surface area contributed by atoms with Crippen LogP contribution in [0, 0.1) is 0 Å². The molecule has 1 aromatic heterocycles. The molecule has 7 nitrogen and oxygen atoms in total. The summed E-state index contributed by atoms with van der Waals surface area (Å²) >= 11 is 1.59. The SMILES string of the molecule is O=C(CCNC(=O)c1ccco1)OCC(=O)N1c2ccccc2Sc2ccccc21. The largest absolute Gasteiger partial charge is 0.459 e. The lowest BCUT2D eigenvalue weighted by Gasteiger charge is -2.30. The van der Waals surface area contributed by atoms with Crippen molar-refractivity contribution < 1.29 is 23.5 Å². The van der Waals surface area contributed by atoms with Gasteiger partial charge in [0.25, 0.3) is 11.8 Å². The van der Waals surface area contributed by atoms with E-state index in [2.05, 4.69) is 5.32 Å². The monoisotopic (exact) mass is 422 g/mol. The van der Waals surface area contributed by atoms with Gasteiger partial charge in [0.1, 0.15) is 0 Å². The van der Waals surface area contributed by atoms with Crippen LogP contribution in [0.1, 0.15) is 17.0 Å². The Morgan fingerprint density at radius 2 is 1.60 bits per heavy atom. The van der Waals surface area contributed by atoms with E-state index in [9.17, 15) is 14.4 Å². The zero-order chi connectivity index (χ0) is 20.9. The number of ether oxygens (including phenoxy) is 1. The number of hydrogen-bond acceptors (Lipinski definition) is 6. The molecular weight excluding hydrogens is 404 g/mol. The summed E-state index contributed by atoms with van der Waals surface area (Å²) in [4.78, 5) is 40.2. The van der Waals surface area contributed by atoms with Gasteiger partial charge in [-0.15, -0.1) is 0 Å². The number of nitrogens with one attached hydrogen (secondary N) is 1. The third kappa shape index (κ3) is 4.23. The molecule has 0 saturated carbocycles. The van der Waals surface area contributed by atoms with E-state index in [1.165, 1.54) is 12.3 Å². The number of carbonyl (C=O) groups is 3. The first kappa shape index (κ1) is 19.8. The minimum Gasteiger partial charge on any atom is -0.459 e. The van der Waals surface area contributed by atoms with Gasteiger partial charge in [0.2, 0.25) is 0 Å². The second kappa shape index (κ2) is 8.87. The number of benzene rings is 2. The molecule has 0 fully saturated rings. The Hall–Kier alpha value is -3.52. The van der Waals surface area contributed by atoms with Crippen molar-refractivity contribution in [3.05, 3.63) is 72.7 Å². The van der Waals surface area contributed by atoms with E-state index in [0.717, 1.165) is 21.2 Å². The van der Waals surface area contributed by atoms with Gasteiger partial charge in [0.05, 0.1) is 24.1 Å². The summed E-state index contributed by atoms with van der Waals surface area (Å²) < 4.78 is 10.1. The molecule has 2 amide bonds. The third-order valence-corrected chi connectivity index (χ3v) is 5.53. The normalized spacial score (nSPS) is 11.9. The van der Waals surface area contributed by atoms with E-state index in [1.807, 2.05) is 48.5 Å². The fraction of sp³-hybridized carbons (Fsp3) is 0.136. The minimum atomic E-state index is -0.573. The van der Waals surface area contributed by atoms with Crippen molar-refractivity contribution in [1.29, 1.82) is 0 Å². The van der Waals surface area contributed by atoms with Gasteiger partial charge in [-0.2, -0.15) is 0 Å². The molecular formula is C22H18N2O5S. The molecule has 1 aliphatic heterocycles. The predicted octanol–water partition coefficient (Wildman–Crippen LogP) is 3.77. The van der Waals surface area contributed by atoms with E-state index in [1.54, 1.807) is 22.7 Å². The molecule has 0 aliphatic carbocycles. The first-order valence-electron chi connectivity index (χ1n) is 9.29. The molecule has 3 aromatic rings. The van der Waals surface area contributed by atoms with Gasteiger partial charge in [-0.3, -0.25) is 19.3 Å². The fourth-order valence-corrected chi connectivity index (χ4v) is 4.08. The van der Waals surface area contributed by atoms with Crippen molar-refractivity contribution in [1.82, 2.24) is 5.32 Å². The molecule has 1 N–H and O–H groups in total. The number of amides is 2. The average Bonchev–Trinajstić information content (AvgIpc) is 3.31. The highest BCUT2D eigenvalue weighted by Gasteiger charge is 2.28. The van der Waals surface area contributed by atoms with Crippen LogP contribution in [0.5, 0.6) is 0 Å². The Kier molecular flexibility index (Phi) is 5.85. The van der Waals surface area contributed by atoms with E-state index in [4.69, 9.17) is 9.15 Å². The number of fused-ring (bicyclic) bond motifs is 2. The Bertz CT molecular complexity index is 1040. The van der Waals surface area contributed by atoms with Crippen LogP contribution in [0.15, 0.2) is 81.1 Å². The van der Waals surface area contributed by atoms with Gasteiger partial charge in [-0.25, -0.2) is 0 Å². The predicted molar refractivity (Wildman–Crippen MR) is 111 cm³/mol. The van der Waals surface area contributed by atoms with Gasteiger partial charge < -0.3 is 14.5 Å². The van der Waals surface area contributed by atoms with Crippen LogP contribution in [-0.4, -0.2) is 30.9 Å². The van der Waals surface area contributed by atoms with E-state index >= 15 is 0 Å². The van der Waals surface area contributed by atoms with Crippen molar-refractivity contribution in [3.8, 4) is 0 Å². The van der Waals surface area contributed by atoms with E-state index in [0.29, 0.717) is 0 Å². The van der Waals surface area contributed by atoms with Crippen LogP contribution in [0.2, 0.25) is 0 Å².